The molecule has 2 atom stereocenters. The van der Waals surface area contributed by atoms with Crippen molar-refractivity contribution in [2.45, 2.75) is 18.5 Å². The lowest BCUT2D eigenvalue weighted by Gasteiger charge is -2.38. The van der Waals surface area contributed by atoms with Gasteiger partial charge in [-0.3, -0.25) is 0 Å². The zero-order valence-electron chi connectivity index (χ0n) is 15.0. The van der Waals surface area contributed by atoms with Gasteiger partial charge in [0.15, 0.2) is 9.84 Å². The smallest absolute Gasteiger partial charge is 0.409 e. The van der Waals surface area contributed by atoms with Gasteiger partial charge in [0.2, 0.25) is 5.95 Å². The summed E-state index contributed by atoms with van der Waals surface area (Å²) in [6.07, 6.45) is 2.22. The van der Waals surface area contributed by atoms with E-state index < -0.39 is 9.84 Å². The number of carbonyl (C=O) groups is 1. The minimum Gasteiger partial charge on any atom is -0.449 e. The third kappa shape index (κ3) is 4.08. The minimum absolute atomic E-state index is 0.0553. The van der Waals surface area contributed by atoms with E-state index in [1.807, 2.05) is 0 Å². The van der Waals surface area contributed by atoms with Crippen LogP contribution < -0.4 is 15.5 Å². The minimum atomic E-state index is -3.02. The molecule has 11 heteroatoms. The molecular formula is C16H24N6O4S. The normalized spacial score (nSPS) is 27.2. The second-order valence-electron chi connectivity index (χ2n) is 7.02. The quantitative estimate of drug-likeness (QED) is 0.667. The summed E-state index contributed by atoms with van der Waals surface area (Å²) in [5, 5.41) is 6.43. The van der Waals surface area contributed by atoms with E-state index >= 15 is 0 Å². The summed E-state index contributed by atoms with van der Waals surface area (Å²) < 4.78 is 29.0. The molecule has 0 bridgehead atoms. The molecule has 4 rings (SSSR count). The Bertz CT molecular complexity index is 804. The topological polar surface area (TPSA) is 117 Å². The number of hydrogen-bond donors (Lipinski definition) is 2. The van der Waals surface area contributed by atoms with Gasteiger partial charge in [-0.2, -0.15) is 4.98 Å². The molecule has 0 aliphatic carbocycles. The summed E-state index contributed by atoms with van der Waals surface area (Å²) in [6.45, 7) is 3.63. The van der Waals surface area contributed by atoms with Crippen LogP contribution in [0.15, 0.2) is 12.3 Å². The number of fused-ring (bicyclic) bond motifs is 1. The molecule has 10 nitrogen and oxygen atoms in total. The van der Waals surface area contributed by atoms with Crippen LogP contribution in [0.4, 0.5) is 16.6 Å². The molecule has 0 unspecified atom stereocenters. The molecule has 4 heterocycles. The average Bonchev–Trinajstić information content (AvgIpc) is 2.97. The molecule has 1 aromatic rings. The standard InChI is InChI=1S/C16H24N6O4S/c23-16-21(6-1-9-26-16)7-4-19-15-18-3-2-14(20-15)22-8-5-17-12-10-27(24,25)11-13(12)22/h2-3,12-13,17H,1,4-11H2,(H,18,19,20)/t12-,13+/m1/s1. The van der Waals surface area contributed by atoms with Crippen LogP contribution in [0.25, 0.3) is 0 Å². The number of sulfone groups is 1. The van der Waals surface area contributed by atoms with E-state index in [-0.39, 0.29) is 29.7 Å². The van der Waals surface area contributed by atoms with E-state index in [0.717, 1.165) is 18.8 Å². The van der Waals surface area contributed by atoms with Crippen molar-refractivity contribution in [3.63, 3.8) is 0 Å². The van der Waals surface area contributed by atoms with Crippen molar-refractivity contribution < 1.29 is 17.9 Å². The van der Waals surface area contributed by atoms with Gasteiger partial charge in [-0.05, 0) is 12.5 Å². The second-order valence-corrected chi connectivity index (χ2v) is 9.17. The van der Waals surface area contributed by atoms with Crippen molar-refractivity contribution in [1.29, 1.82) is 0 Å². The first-order valence-corrected chi connectivity index (χ1v) is 11.0. The summed E-state index contributed by atoms with van der Waals surface area (Å²) in [5.41, 5.74) is 0. The van der Waals surface area contributed by atoms with Gasteiger partial charge in [0.05, 0.1) is 24.2 Å². The number of aromatic nitrogens is 2. The van der Waals surface area contributed by atoms with Gasteiger partial charge < -0.3 is 25.2 Å². The molecule has 3 aliphatic heterocycles. The molecule has 27 heavy (non-hydrogen) atoms. The van der Waals surface area contributed by atoms with E-state index in [1.54, 1.807) is 17.2 Å². The fraction of sp³-hybridized carbons (Fsp3) is 0.688. The molecule has 3 saturated heterocycles. The maximum atomic E-state index is 12.0. The van der Waals surface area contributed by atoms with Gasteiger partial charge in [-0.25, -0.2) is 18.2 Å². The molecule has 3 fully saturated rings. The highest BCUT2D eigenvalue weighted by Gasteiger charge is 2.43. The summed E-state index contributed by atoms with van der Waals surface area (Å²) in [6, 6.07) is 1.65. The molecule has 3 aliphatic rings. The number of nitrogens with one attached hydrogen (secondary N) is 2. The van der Waals surface area contributed by atoms with Crippen LogP contribution in [0.5, 0.6) is 0 Å². The number of rotatable bonds is 5. The third-order valence-corrected chi connectivity index (χ3v) is 6.85. The predicted octanol–water partition coefficient (Wildman–Crippen LogP) is -0.694. The van der Waals surface area contributed by atoms with Gasteiger partial charge in [-0.15, -0.1) is 0 Å². The number of cyclic esters (lactones) is 1. The molecule has 0 saturated carbocycles. The average molecular weight is 396 g/mol. The second kappa shape index (κ2) is 7.47. The van der Waals surface area contributed by atoms with E-state index in [2.05, 4.69) is 25.5 Å². The number of anilines is 2. The lowest BCUT2D eigenvalue weighted by atomic mass is 10.1. The highest BCUT2D eigenvalue weighted by Crippen LogP contribution is 2.25. The van der Waals surface area contributed by atoms with Crippen LogP contribution in [-0.2, 0) is 14.6 Å². The molecule has 0 radical (unpaired) electrons. The van der Waals surface area contributed by atoms with Gasteiger partial charge >= 0.3 is 6.09 Å². The van der Waals surface area contributed by atoms with E-state index in [0.29, 0.717) is 38.7 Å². The first-order valence-electron chi connectivity index (χ1n) is 9.21. The Labute approximate surface area is 158 Å². The maximum Gasteiger partial charge on any atom is 0.409 e. The molecule has 0 spiro atoms. The Kier molecular flexibility index (Phi) is 5.04. The fourth-order valence-corrected chi connectivity index (χ4v) is 5.81. The van der Waals surface area contributed by atoms with Crippen LogP contribution in [0, 0.1) is 0 Å². The Balaban J connectivity index is 1.39. The van der Waals surface area contributed by atoms with Crippen LogP contribution in [0.1, 0.15) is 6.42 Å². The number of piperazine rings is 1. The van der Waals surface area contributed by atoms with E-state index in [9.17, 15) is 13.2 Å². The largest absolute Gasteiger partial charge is 0.449 e. The van der Waals surface area contributed by atoms with Gasteiger partial charge in [0.25, 0.3) is 0 Å². The summed E-state index contributed by atoms with van der Waals surface area (Å²) in [4.78, 5) is 24.1. The Morgan fingerprint density at radius 1 is 1.33 bits per heavy atom. The highest BCUT2D eigenvalue weighted by atomic mass is 32.2. The first kappa shape index (κ1) is 18.2. The number of carbonyl (C=O) groups excluding carboxylic acids is 1. The van der Waals surface area contributed by atoms with Crippen molar-refractivity contribution in [2.75, 3.05) is 61.1 Å². The number of hydrogen-bond acceptors (Lipinski definition) is 9. The van der Waals surface area contributed by atoms with Crippen molar-refractivity contribution in [3.05, 3.63) is 12.3 Å². The molecular weight excluding hydrogens is 372 g/mol. The Hall–Kier alpha value is -2.14. The lowest BCUT2D eigenvalue weighted by molar-refractivity contribution is 0.0746. The number of nitrogens with zero attached hydrogens (tertiary/aromatic N) is 4. The maximum absolute atomic E-state index is 12.0. The Morgan fingerprint density at radius 2 is 2.22 bits per heavy atom. The van der Waals surface area contributed by atoms with Crippen LogP contribution in [-0.4, -0.2) is 92.3 Å². The molecule has 2 N–H and O–H groups in total. The van der Waals surface area contributed by atoms with E-state index in [1.165, 1.54) is 0 Å². The molecule has 148 valence electrons. The first-order chi connectivity index (χ1) is 13.0. The van der Waals surface area contributed by atoms with Crippen molar-refractivity contribution in [3.8, 4) is 0 Å². The van der Waals surface area contributed by atoms with E-state index in [4.69, 9.17) is 4.74 Å². The van der Waals surface area contributed by atoms with Gasteiger partial charge in [0, 0.05) is 45.0 Å². The fourth-order valence-electron chi connectivity index (χ4n) is 3.85. The molecule has 1 amide bonds. The predicted molar refractivity (Wildman–Crippen MR) is 99.6 cm³/mol. The zero-order chi connectivity index (χ0) is 18.9. The molecule has 1 aromatic heterocycles. The summed E-state index contributed by atoms with van der Waals surface area (Å²) in [7, 11) is -3.02. The number of ether oxygens (including phenoxy) is 1. The van der Waals surface area contributed by atoms with Gasteiger partial charge in [-0.1, -0.05) is 0 Å². The van der Waals surface area contributed by atoms with Crippen LogP contribution in [0.3, 0.4) is 0 Å². The van der Waals surface area contributed by atoms with Crippen LogP contribution >= 0.6 is 0 Å². The summed E-state index contributed by atoms with van der Waals surface area (Å²) in [5.74, 6) is 1.51. The summed E-state index contributed by atoms with van der Waals surface area (Å²) >= 11 is 0. The lowest BCUT2D eigenvalue weighted by Crippen LogP contribution is -2.57. The van der Waals surface area contributed by atoms with Crippen LogP contribution in [0.2, 0.25) is 0 Å². The third-order valence-electron chi connectivity index (χ3n) is 5.14. The van der Waals surface area contributed by atoms with Crippen molar-refractivity contribution in [1.82, 2.24) is 20.2 Å². The zero-order valence-corrected chi connectivity index (χ0v) is 15.8. The molecule has 0 aromatic carbocycles. The Morgan fingerprint density at radius 3 is 3.07 bits per heavy atom. The van der Waals surface area contributed by atoms with Crippen molar-refractivity contribution >= 4 is 27.7 Å². The number of amides is 1. The monoisotopic (exact) mass is 396 g/mol. The van der Waals surface area contributed by atoms with Gasteiger partial charge in [0.1, 0.15) is 5.82 Å². The SMILES string of the molecule is O=C1OCCCN1CCNc1nccc(N2CCN[C@@H]3CS(=O)(=O)C[C@@H]32)n1. The highest BCUT2D eigenvalue weighted by molar-refractivity contribution is 7.91. The van der Waals surface area contributed by atoms with Crippen molar-refractivity contribution in [2.24, 2.45) is 0 Å².